The molecule has 0 N–H and O–H groups in total. The van der Waals surface area contributed by atoms with E-state index in [0.717, 1.165) is 70.8 Å². The fourth-order valence-electron chi connectivity index (χ4n) is 6.10. The monoisotopic (exact) mass is 533 g/mol. The zero-order valence-corrected chi connectivity index (χ0v) is 25.2. The van der Waals surface area contributed by atoms with Crippen LogP contribution in [-0.4, -0.2) is 10.9 Å². The van der Waals surface area contributed by atoms with Crippen molar-refractivity contribution in [1.82, 2.24) is 4.90 Å². The van der Waals surface area contributed by atoms with Crippen LogP contribution in [0.5, 0.6) is 0 Å². The van der Waals surface area contributed by atoms with E-state index >= 15 is 4.39 Å². The molecule has 0 radical (unpaired) electrons. The van der Waals surface area contributed by atoms with E-state index in [-0.39, 0.29) is 5.82 Å². The van der Waals surface area contributed by atoms with Crippen molar-refractivity contribution in [3.63, 3.8) is 0 Å². The maximum Gasteiger partial charge on any atom is 0.130 e. The molecule has 0 aliphatic heterocycles. The smallest absolute Gasteiger partial charge is 0.130 e. The van der Waals surface area contributed by atoms with Crippen molar-refractivity contribution in [3.05, 3.63) is 112 Å². The van der Waals surface area contributed by atoms with Gasteiger partial charge in [0, 0.05) is 29.4 Å². The summed E-state index contributed by atoms with van der Waals surface area (Å²) in [4.78, 5) is 2.52. The van der Waals surface area contributed by atoms with Gasteiger partial charge in [0.1, 0.15) is 5.82 Å². The van der Waals surface area contributed by atoms with E-state index in [4.69, 9.17) is 6.42 Å². The van der Waals surface area contributed by atoms with Crippen LogP contribution in [0.3, 0.4) is 0 Å². The van der Waals surface area contributed by atoms with Crippen molar-refractivity contribution in [3.8, 4) is 23.5 Å². The first-order valence-electron chi connectivity index (χ1n) is 14.7. The summed E-state index contributed by atoms with van der Waals surface area (Å²) < 4.78 is 15.1. The molecule has 208 valence electrons. The number of benzene rings is 3. The topological polar surface area (TPSA) is 3.24 Å². The highest BCUT2D eigenvalue weighted by Gasteiger charge is 2.27. The van der Waals surface area contributed by atoms with Crippen molar-refractivity contribution in [2.24, 2.45) is 5.92 Å². The summed E-state index contributed by atoms with van der Waals surface area (Å²) in [5.41, 5.74) is 11.8. The van der Waals surface area contributed by atoms with Crippen LogP contribution in [0.25, 0.3) is 16.7 Å². The predicted octanol–water partition coefficient (Wildman–Crippen LogP) is 10.0. The van der Waals surface area contributed by atoms with Gasteiger partial charge in [0.15, 0.2) is 0 Å². The number of aryl methyl sites for hydroxylation is 2. The summed E-state index contributed by atoms with van der Waals surface area (Å²) in [6, 6.07) is 18.9. The summed E-state index contributed by atoms with van der Waals surface area (Å²) in [7, 11) is 0. The molecule has 0 unspecified atom stereocenters. The first-order chi connectivity index (χ1) is 19.1. The number of allylic oxidation sites excluding steroid dienone is 2. The summed E-state index contributed by atoms with van der Waals surface area (Å²) in [5.74, 6) is 3.30. The summed E-state index contributed by atoms with van der Waals surface area (Å²) in [5, 5.41) is 0. The van der Waals surface area contributed by atoms with E-state index in [9.17, 15) is 0 Å². The molecule has 40 heavy (non-hydrogen) atoms. The maximum absolute atomic E-state index is 15.1. The molecule has 2 heteroatoms. The Bertz CT molecular complexity index is 1440. The van der Waals surface area contributed by atoms with Crippen LogP contribution in [0.1, 0.15) is 86.8 Å². The highest BCUT2D eigenvalue weighted by Crippen LogP contribution is 2.36. The normalized spacial score (nSPS) is 17.6. The third-order valence-electron chi connectivity index (χ3n) is 9.14. The molecule has 3 aromatic carbocycles. The van der Waals surface area contributed by atoms with Gasteiger partial charge in [0.2, 0.25) is 0 Å². The molecule has 0 aromatic heterocycles. The van der Waals surface area contributed by atoms with E-state index in [1.165, 1.54) is 29.5 Å². The van der Waals surface area contributed by atoms with Crippen molar-refractivity contribution in [2.45, 2.75) is 86.2 Å². The second-order valence-electron chi connectivity index (χ2n) is 11.7. The third kappa shape index (κ3) is 6.26. The van der Waals surface area contributed by atoms with Gasteiger partial charge in [0.05, 0.1) is 0 Å². The van der Waals surface area contributed by atoms with E-state index in [1.807, 2.05) is 39.0 Å². The number of hydrogen-bond acceptors (Lipinski definition) is 1. The van der Waals surface area contributed by atoms with Crippen LogP contribution in [0.2, 0.25) is 0 Å². The molecular weight excluding hydrogens is 489 g/mol. The van der Waals surface area contributed by atoms with Gasteiger partial charge in [0.25, 0.3) is 0 Å². The average molecular weight is 534 g/mol. The lowest BCUT2D eigenvalue weighted by molar-refractivity contribution is 0.174. The molecule has 0 bridgehead atoms. The number of halogens is 1. The lowest BCUT2D eigenvalue weighted by Crippen LogP contribution is -2.37. The van der Waals surface area contributed by atoms with Crippen molar-refractivity contribution in [1.29, 1.82) is 0 Å². The summed E-state index contributed by atoms with van der Waals surface area (Å²) in [6.07, 6.45) is 11.3. The third-order valence-corrected chi connectivity index (χ3v) is 9.14. The molecule has 4 rings (SSSR count). The highest BCUT2D eigenvalue weighted by molar-refractivity contribution is 5.73. The first-order valence-corrected chi connectivity index (χ1v) is 14.7. The Morgan fingerprint density at radius 1 is 0.950 bits per heavy atom. The fourth-order valence-corrected chi connectivity index (χ4v) is 6.10. The molecule has 1 nitrogen and oxygen atoms in total. The largest absolute Gasteiger partial charge is 0.364 e. The van der Waals surface area contributed by atoms with Gasteiger partial charge in [-0.1, -0.05) is 56.7 Å². The second kappa shape index (κ2) is 12.7. The van der Waals surface area contributed by atoms with Crippen molar-refractivity contribution < 1.29 is 4.39 Å². The predicted molar refractivity (Wildman–Crippen MR) is 169 cm³/mol. The number of hydrogen-bond donors (Lipinski definition) is 0. The van der Waals surface area contributed by atoms with Crippen LogP contribution < -0.4 is 0 Å². The van der Waals surface area contributed by atoms with Gasteiger partial charge in [-0.3, -0.25) is 0 Å². The molecule has 1 aliphatic rings. The molecule has 1 fully saturated rings. The molecule has 0 amide bonds. The standard InChI is InChI=1S/C38H44FN/c1-9-31-14-16-33(17-15-31)34-19-18-32(10-2)35(23-34)24-40(36-20-11-25(3)12-21-36)30(8)28(6)29(7)38-27(5)26(4)13-22-37(38)39/h1,13-19,22-23,25,36H,8,10-12,20-21,24H2,2-7H3/b29-28+. The van der Waals surface area contributed by atoms with E-state index in [0.29, 0.717) is 11.6 Å². The second-order valence-corrected chi connectivity index (χ2v) is 11.7. The van der Waals surface area contributed by atoms with Crippen LogP contribution in [0.15, 0.2) is 72.4 Å². The summed E-state index contributed by atoms with van der Waals surface area (Å²) >= 11 is 0. The SMILES string of the molecule is C#Cc1ccc(-c2ccc(CC)c(CN(C(=C)/C(C)=C(\C)c3c(F)ccc(C)c3C)C3CCC(C)CC3)c2)cc1. The number of terminal acetylenes is 1. The lowest BCUT2D eigenvalue weighted by Gasteiger charge is -2.40. The Labute approximate surface area is 241 Å². The quantitative estimate of drug-likeness (QED) is 0.206. The minimum atomic E-state index is -0.164. The van der Waals surface area contributed by atoms with Crippen LogP contribution in [0, 0.1) is 37.9 Å². The highest BCUT2D eigenvalue weighted by atomic mass is 19.1. The van der Waals surface area contributed by atoms with Crippen LogP contribution in [0.4, 0.5) is 4.39 Å². The summed E-state index contributed by atoms with van der Waals surface area (Å²) in [6.45, 7) is 18.2. The number of nitrogens with zero attached hydrogens (tertiary/aromatic N) is 1. The number of rotatable bonds is 8. The Hall–Kier alpha value is -3.57. The molecule has 0 atom stereocenters. The molecule has 0 heterocycles. The zero-order chi connectivity index (χ0) is 29.0. The molecule has 1 saturated carbocycles. The Morgan fingerprint density at radius 2 is 1.60 bits per heavy atom. The van der Waals surface area contributed by atoms with Crippen LogP contribution in [-0.2, 0) is 13.0 Å². The van der Waals surface area contributed by atoms with Crippen molar-refractivity contribution >= 4 is 5.57 Å². The zero-order valence-electron chi connectivity index (χ0n) is 25.2. The Kier molecular flexibility index (Phi) is 9.36. The molecular formula is C38H44FN. The average Bonchev–Trinajstić information content (AvgIpc) is 2.97. The van der Waals surface area contributed by atoms with Gasteiger partial charge < -0.3 is 4.90 Å². The van der Waals surface area contributed by atoms with E-state index in [2.05, 4.69) is 68.5 Å². The van der Waals surface area contributed by atoms with Crippen LogP contribution >= 0.6 is 0 Å². The fraction of sp³-hybridized carbons (Fsp3) is 0.368. The van der Waals surface area contributed by atoms with Gasteiger partial charge in [-0.05, 0) is 135 Å². The van der Waals surface area contributed by atoms with E-state index < -0.39 is 0 Å². The maximum atomic E-state index is 15.1. The van der Waals surface area contributed by atoms with Gasteiger partial charge in [-0.2, -0.15) is 0 Å². The van der Waals surface area contributed by atoms with Gasteiger partial charge >= 0.3 is 0 Å². The Morgan fingerprint density at radius 3 is 2.23 bits per heavy atom. The van der Waals surface area contributed by atoms with Gasteiger partial charge in [-0.25, -0.2) is 4.39 Å². The first kappa shape index (κ1) is 29.4. The molecule has 3 aromatic rings. The minimum Gasteiger partial charge on any atom is -0.364 e. The minimum absolute atomic E-state index is 0.164. The molecule has 0 saturated heterocycles. The Balaban J connectivity index is 1.75. The van der Waals surface area contributed by atoms with E-state index in [1.54, 1.807) is 6.07 Å². The van der Waals surface area contributed by atoms with Crippen molar-refractivity contribution in [2.75, 3.05) is 0 Å². The van der Waals surface area contributed by atoms with Gasteiger partial charge in [-0.15, -0.1) is 6.42 Å². The molecule has 1 aliphatic carbocycles. The lowest BCUT2D eigenvalue weighted by atomic mass is 9.85. The molecule has 0 spiro atoms.